The molecule has 2 N–H and O–H groups in total. The Bertz CT molecular complexity index is 89.4. The van der Waals surface area contributed by atoms with Crippen LogP contribution in [0.1, 0.15) is 20.3 Å². The first-order chi connectivity index (χ1) is 4.59. The van der Waals surface area contributed by atoms with Crippen molar-refractivity contribution in [1.82, 2.24) is 0 Å². The Morgan fingerprint density at radius 2 is 1.70 bits per heavy atom. The van der Waals surface area contributed by atoms with E-state index < -0.39 is 12.2 Å². The lowest BCUT2D eigenvalue weighted by molar-refractivity contribution is 0.0335. The van der Waals surface area contributed by atoms with Crippen molar-refractivity contribution in [3.05, 3.63) is 12.7 Å². The number of hydrogen-bond acceptors (Lipinski definition) is 2. The Morgan fingerprint density at radius 1 is 1.30 bits per heavy atom. The first-order valence-corrected chi connectivity index (χ1v) is 3.56. The standard InChI is InChI=1S/C8H16O2/c1-4-5-8(6(2)9)7(3)10/h4,6-10H,1,5H2,2-3H3/t6-,7+,8?. The summed E-state index contributed by atoms with van der Waals surface area (Å²) in [6, 6.07) is 0. The van der Waals surface area contributed by atoms with Crippen LogP contribution in [-0.4, -0.2) is 22.4 Å². The van der Waals surface area contributed by atoms with Crippen molar-refractivity contribution < 1.29 is 10.2 Å². The third-order valence-electron chi connectivity index (χ3n) is 1.68. The molecular formula is C8H16O2. The lowest BCUT2D eigenvalue weighted by Crippen LogP contribution is -2.26. The number of aliphatic hydroxyl groups excluding tert-OH is 2. The first-order valence-electron chi connectivity index (χ1n) is 3.56. The van der Waals surface area contributed by atoms with E-state index in [2.05, 4.69) is 6.58 Å². The van der Waals surface area contributed by atoms with E-state index in [-0.39, 0.29) is 5.92 Å². The van der Waals surface area contributed by atoms with Crippen LogP contribution in [0.2, 0.25) is 0 Å². The molecule has 0 rings (SSSR count). The van der Waals surface area contributed by atoms with Crippen LogP contribution in [-0.2, 0) is 0 Å². The summed E-state index contributed by atoms with van der Waals surface area (Å²) in [5, 5.41) is 18.2. The van der Waals surface area contributed by atoms with Gasteiger partial charge in [-0.15, -0.1) is 6.58 Å². The molecule has 0 bridgehead atoms. The van der Waals surface area contributed by atoms with Crippen molar-refractivity contribution in [2.24, 2.45) is 5.92 Å². The molecule has 1 unspecified atom stereocenters. The van der Waals surface area contributed by atoms with Crippen molar-refractivity contribution in [3.8, 4) is 0 Å². The van der Waals surface area contributed by atoms with Gasteiger partial charge >= 0.3 is 0 Å². The number of allylic oxidation sites excluding steroid dienone is 1. The molecule has 0 aromatic rings. The van der Waals surface area contributed by atoms with Gasteiger partial charge in [-0.25, -0.2) is 0 Å². The van der Waals surface area contributed by atoms with E-state index in [1.807, 2.05) is 0 Å². The fourth-order valence-corrected chi connectivity index (χ4v) is 0.989. The highest BCUT2D eigenvalue weighted by atomic mass is 16.3. The number of rotatable bonds is 4. The van der Waals surface area contributed by atoms with E-state index in [9.17, 15) is 0 Å². The number of aliphatic hydroxyl groups is 2. The molecule has 0 aliphatic heterocycles. The minimum Gasteiger partial charge on any atom is -0.393 e. The summed E-state index contributed by atoms with van der Waals surface area (Å²) in [7, 11) is 0. The molecule has 60 valence electrons. The van der Waals surface area contributed by atoms with Crippen LogP contribution in [0.5, 0.6) is 0 Å². The van der Waals surface area contributed by atoms with E-state index in [4.69, 9.17) is 10.2 Å². The minimum absolute atomic E-state index is 0.0718. The minimum atomic E-state index is -0.460. The van der Waals surface area contributed by atoms with E-state index in [1.165, 1.54) is 0 Å². The van der Waals surface area contributed by atoms with Crippen LogP contribution in [0.25, 0.3) is 0 Å². The molecular weight excluding hydrogens is 128 g/mol. The molecule has 0 amide bonds. The molecule has 2 heteroatoms. The smallest absolute Gasteiger partial charge is 0.0567 e. The highest BCUT2D eigenvalue weighted by molar-refractivity contribution is 4.79. The van der Waals surface area contributed by atoms with Gasteiger partial charge in [0.25, 0.3) is 0 Å². The zero-order valence-electron chi connectivity index (χ0n) is 6.62. The topological polar surface area (TPSA) is 40.5 Å². The van der Waals surface area contributed by atoms with Crippen LogP contribution in [0.15, 0.2) is 12.7 Å². The Morgan fingerprint density at radius 3 is 1.80 bits per heavy atom. The van der Waals surface area contributed by atoms with Gasteiger partial charge in [0.15, 0.2) is 0 Å². The molecule has 0 spiro atoms. The molecule has 0 saturated heterocycles. The Hall–Kier alpha value is -0.340. The number of hydrogen-bond donors (Lipinski definition) is 2. The second kappa shape index (κ2) is 4.47. The lowest BCUT2D eigenvalue weighted by atomic mass is 9.94. The molecule has 0 aliphatic carbocycles. The van der Waals surface area contributed by atoms with Crippen molar-refractivity contribution in [3.63, 3.8) is 0 Å². The molecule has 0 aliphatic rings. The highest BCUT2D eigenvalue weighted by Gasteiger charge is 2.18. The Balaban J connectivity index is 3.84. The third kappa shape index (κ3) is 2.99. The monoisotopic (exact) mass is 144 g/mol. The normalized spacial score (nSPS) is 19.6. The molecule has 3 atom stereocenters. The van der Waals surface area contributed by atoms with Crippen LogP contribution < -0.4 is 0 Å². The fraction of sp³-hybridized carbons (Fsp3) is 0.750. The van der Waals surface area contributed by atoms with Crippen molar-refractivity contribution in [2.75, 3.05) is 0 Å². The fourth-order valence-electron chi connectivity index (χ4n) is 0.989. The van der Waals surface area contributed by atoms with Gasteiger partial charge in [-0.05, 0) is 20.3 Å². The molecule has 10 heavy (non-hydrogen) atoms. The quantitative estimate of drug-likeness (QED) is 0.576. The molecule has 0 saturated carbocycles. The summed E-state index contributed by atoms with van der Waals surface area (Å²) < 4.78 is 0. The largest absolute Gasteiger partial charge is 0.393 e. The van der Waals surface area contributed by atoms with Gasteiger partial charge in [0, 0.05) is 5.92 Å². The molecule has 0 radical (unpaired) electrons. The van der Waals surface area contributed by atoms with Crippen LogP contribution in [0.4, 0.5) is 0 Å². The SMILES string of the molecule is C=CCC([C@H](C)O)[C@@H](C)O. The summed E-state index contributed by atoms with van der Waals surface area (Å²) in [6.07, 6.45) is 1.45. The molecule has 0 fully saturated rings. The van der Waals surface area contributed by atoms with Crippen molar-refractivity contribution in [2.45, 2.75) is 32.5 Å². The van der Waals surface area contributed by atoms with Gasteiger partial charge < -0.3 is 10.2 Å². The predicted molar refractivity (Wildman–Crippen MR) is 41.7 cm³/mol. The lowest BCUT2D eigenvalue weighted by Gasteiger charge is -2.20. The molecule has 0 heterocycles. The van der Waals surface area contributed by atoms with E-state index in [0.717, 1.165) is 0 Å². The highest BCUT2D eigenvalue weighted by Crippen LogP contribution is 2.13. The molecule has 0 aromatic heterocycles. The maximum absolute atomic E-state index is 9.11. The molecule has 0 aromatic carbocycles. The zero-order valence-corrected chi connectivity index (χ0v) is 6.62. The van der Waals surface area contributed by atoms with Crippen molar-refractivity contribution >= 4 is 0 Å². The average molecular weight is 144 g/mol. The first kappa shape index (κ1) is 9.66. The summed E-state index contributed by atoms with van der Waals surface area (Å²) in [5.74, 6) is -0.0718. The van der Waals surface area contributed by atoms with Gasteiger partial charge in [-0.1, -0.05) is 6.08 Å². The maximum atomic E-state index is 9.11. The summed E-state index contributed by atoms with van der Waals surface area (Å²) >= 11 is 0. The second-order valence-corrected chi connectivity index (χ2v) is 2.67. The Labute approximate surface area is 62.2 Å². The second-order valence-electron chi connectivity index (χ2n) is 2.67. The van der Waals surface area contributed by atoms with Crippen molar-refractivity contribution in [1.29, 1.82) is 0 Å². The van der Waals surface area contributed by atoms with Gasteiger partial charge in [0.2, 0.25) is 0 Å². The summed E-state index contributed by atoms with van der Waals surface area (Å²) in [4.78, 5) is 0. The summed E-state index contributed by atoms with van der Waals surface area (Å²) in [6.45, 7) is 6.91. The van der Waals surface area contributed by atoms with Gasteiger partial charge in [0.05, 0.1) is 12.2 Å². The maximum Gasteiger partial charge on any atom is 0.0567 e. The Kier molecular flexibility index (Phi) is 4.32. The van der Waals surface area contributed by atoms with E-state index in [1.54, 1.807) is 19.9 Å². The van der Waals surface area contributed by atoms with E-state index >= 15 is 0 Å². The van der Waals surface area contributed by atoms with E-state index in [0.29, 0.717) is 6.42 Å². The zero-order chi connectivity index (χ0) is 8.15. The third-order valence-corrected chi connectivity index (χ3v) is 1.68. The van der Waals surface area contributed by atoms with Crippen LogP contribution in [0.3, 0.4) is 0 Å². The van der Waals surface area contributed by atoms with Crippen LogP contribution in [0, 0.1) is 5.92 Å². The van der Waals surface area contributed by atoms with Crippen LogP contribution >= 0.6 is 0 Å². The molecule has 2 nitrogen and oxygen atoms in total. The predicted octanol–water partition coefficient (Wildman–Crippen LogP) is 0.940. The van der Waals surface area contributed by atoms with Gasteiger partial charge in [-0.2, -0.15) is 0 Å². The summed E-state index contributed by atoms with van der Waals surface area (Å²) in [5.41, 5.74) is 0. The van der Waals surface area contributed by atoms with Gasteiger partial charge in [0.1, 0.15) is 0 Å². The average Bonchev–Trinajstić information content (AvgIpc) is 1.81. The van der Waals surface area contributed by atoms with Gasteiger partial charge in [-0.3, -0.25) is 0 Å².